The van der Waals surface area contributed by atoms with Crippen LogP contribution >= 0.6 is 0 Å². The summed E-state index contributed by atoms with van der Waals surface area (Å²) in [5.74, 6) is 1.84. The van der Waals surface area contributed by atoms with Gasteiger partial charge in [-0.3, -0.25) is 0 Å². The van der Waals surface area contributed by atoms with Crippen LogP contribution in [0.25, 0.3) is 34.2 Å². The molecule has 26 heavy (non-hydrogen) atoms. The number of hydrogen-bond donors (Lipinski definition) is 0. The molecule has 3 aromatic carbocycles. The summed E-state index contributed by atoms with van der Waals surface area (Å²) in [5.41, 5.74) is 3.32. The molecule has 0 N–H and O–H groups in total. The van der Waals surface area contributed by atoms with Crippen molar-refractivity contribution in [2.45, 2.75) is 0 Å². The Morgan fingerprint density at radius 2 is 1.08 bits per heavy atom. The minimum Gasteiger partial charge on any atom is -0.221 e. The molecule has 2 radical (unpaired) electrons. The van der Waals surface area contributed by atoms with E-state index in [0.717, 1.165) is 16.7 Å². The third-order valence-corrected chi connectivity index (χ3v) is 3.77. The van der Waals surface area contributed by atoms with E-state index >= 15 is 0 Å². The molecule has 0 fully saturated rings. The Bertz CT molecular complexity index is 950. The summed E-state index contributed by atoms with van der Waals surface area (Å²) in [7, 11) is 5.89. The summed E-state index contributed by atoms with van der Waals surface area (Å²) in [6.07, 6.45) is 0. The summed E-state index contributed by atoms with van der Waals surface area (Å²) < 4.78 is 0. The van der Waals surface area contributed by atoms with Crippen molar-refractivity contribution >= 4 is 13.3 Å². The van der Waals surface area contributed by atoms with Gasteiger partial charge in [0.2, 0.25) is 0 Å². The predicted octanol–water partition coefficient (Wildman–Crippen LogP) is 3.47. The van der Waals surface area contributed by atoms with Gasteiger partial charge in [-0.1, -0.05) is 66.2 Å². The molecule has 0 aliphatic rings. The van der Waals surface area contributed by atoms with Crippen molar-refractivity contribution in [3.63, 3.8) is 0 Å². The van der Waals surface area contributed by atoms with E-state index in [9.17, 15) is 0 Å². The van der Waals surface area contributed by atoms with Gasteiger partial charge < -0.3 is 0 Å². The Balaban J connectivity index is 0.00000196. The van der Waals surface area contributed by atoms with E-state index in [1.165, 1.54) is 0 Å². The number of hydrogen-bond acceptors (Lipinski definition) is 3. The second kappa shape index (κ2) is 7.10. The molecule has 0 aliphatic heterocycles. The third-order valence-electron chi connectivity index (χ3n) is 3.77. The van der Waals surface area contributed by atoms with Crippen LogP contribution in [-0.4, -0.2) is 22.8 Å². The van der Waals surface area contributed by atoms with Crippen LogP contribution in [0.15, 0.2) is 78.9 Å². The first-order valence-electron chi connectivity index (χ1n) is 7.93. The van der Waals surface area contributed by atoms with E-state index in [1.54, 1.807) is 6.07 Å². The maximum Gasteiger partial charge on any atom is 0.162 e. The summed E-state index contributed by atoms with van der Waals surface area (Å²) in [6, 6.07) is 28.2. The molecule has 118 valence electrons. The SMILES string of the molecule is [B]c1c[c-]cc(-c2nc(-c3ccccc3)nc(-c3ccccc3)n2)c1.[Bh]. The molecule has 4 aromatic rings. The Labute approximate surface area is 147 Å². The zero-order valence-corrected chi connectivity index (χ0v) is 20.6. The van der Waals surface area contributed by atoms with Gasteiger partial charge in [0.25, 0.3) is 0 Å². The fraction of sp³-hybridized carbons (Fsp3) is 0. The minimum absolute atomic E-state index is 0. The normalized spacial score (nSPS) is 10.2. The molecule has 3 nitrogen and oxygen atoms in total. The fourth-order valence-electron chi connectivity index (χ4n) is 2.56. The van der Waals surface area contributed by atoms with Crippen LogP contribution in [-0.2, 0) is 0 Å². The zero-order valence-electron chi connectivity index (χ0n) is 14.1. The summed E-state index contributed by atoms with van der Waals surface area (Å²) >= 11 is 0. The standard InChI is InChI=1S/C21H13BN3.Bh/c22-18-13-7-12-17(14-18)21-24-19(15-8-3-1-4-9-15)23-20(25-21)16-10-5-2-6-11-16;/h1-6,8-14H;/q-1;. The van der Waals surface area contributed by atoms with Gasteiger partial charge in [-0.15, -0.1) is 0 Å². The zero-order chi connectivity index (χ0) is 17.1. The Morgan fingerprint density at radius 1 is 0.615 bits per heavy atom. The predicted molar refractivity (Wildman–Crippen MR) is 100 cm³/mol. The quantitative estimate of drug-likeness (QED) is 0.272. The monoisotopic (exact) mass is 588 g/mol. The van der Waals surface area contributed by atoms with E-state index in [-0.39, 0.29) is 0 Å². The van der Waals surface area contributed by atoms with Crippen LogP contribution in [0.5, 0.6) is 0 Å². The number of benzene rings is 3. The van der Waals surface area contributed by atoms with E-state index in [1.807, 2.05) is 72.8 Å². The number of nitrogens with zero attached hydrogens (tertiary/aromatic N) is 3. The van der Waals surface area contributed by atoms with Crippen molar-refractivity contribution in [3.8, 4) is 34.2 Å². The molecule has 0 spiro atoms. The molecule has 0 atom stereocenters. The van der Waals surface area contributed by atoms with E-state index in [4.69, 9.17) is 7.85 Å². The molecule has 0 bridgehead atoms. The van der Waals surface area contributed by atoms with Crippen molar-refractivity contribution in [2.75, 3.05) is 0 Å². The minimum atomic E-state index is 0. The number of rotatable bonds is 3. The Kier molecular flexibility index (Phi) is 4.53. The molecule has 5 heteroatoms. The molecule has 4 rings (SSSR count). The molecular weight excluding hydrogens is 575 g/mol. The molecular formula is C21H13BBhN3-. The third kappa shape index (κ3) is 3.31. The van der Waals surface area contributed by atoms with Crippen molar-refractivity contribution in [1.82, 2.24) is 15.0 Å². The van der Waals surface area contributed by atoms with Crippen molar-refractivity contribution in [2.24, 2.45) is 0 Å². The summed E-state index contributed by atoms with van der Waals surface area (Å²) in [5, 5.41) is 0. The number of aromatic nitrogens is 3. The average molecular weight is 588 g/mol. The second-order valence-corrected chi connectivity index (χ2v) is 5.59. The Hall–Kier alpha value is -4.27. The summed E-state index contributed by atoms with van der Waals surface area (Å²) in [6.45, 7) is 0. The van der Waals surface area contributed by atoms with Gasteiger partial charge in [-0.2, -0.15) is 29.7 Å². The van der Waals surface area contributed by atoms with Gasteiger partial charge in [0.1, 0.15) is 5.82 Å². The smallest absolute Gasteiger partial charge is 0.162 e. The van der Waals surface area contributed by atoms with Gasteiger partial charge in [0.15, 0.2) is 11.6 Å². The largest absolute Gasteiger partial charge is 0.221 e. The molecule has 0 saturated heterocycles. The molecule has 1 aromatic heterocycles. The average Bonchev–Trinajstić information content (AvgIpc) is 2.69. The van der Waals surface area contributed by atoms with E-state index < -0.39 is 0 Å². The van der Waals surface area contributed by atoms with Crippen LogP contribution in [0, 0.1) is 6.07 Å². The van der Waals surface area contributed by atoms with Crippen LogP contribution in [0.4, 0.5) is 0 Å². The van der Waals surface area contributed by atoms with Gasteiger partial charge in [-0.05, 0) is 0 Å². The fourth-order valence-corrected chi connectivity index (χ4v) is 2.56. The maximum atomic E-state index is 5.89. The van der Waals surface area contributed by atoms with E-state index in [2.05, 4.69) is 21.0 Å². The summed E-state index contributed by atoms with van der Waals surface area (Å²) in [4.78, 5) is 13.9. The van der Waals surface area contributed by atoms with Crippen molar-refractivity contribution in [1.29, 1.82) is 0 Å². The van der Waals surface area contributed by atoms with Crippen molar-refractivity contribution < 1.29 is 0 Å². The van der Waals surface area contributed by atoms with Crippen LogP contribution in [0.1, 0.15) is 0 Å². The van der Waals surface area contributed by atoms with E-state index in [0.29, 0.717) is 22.9 Å². The first-order chi connectivity index (χ1) is 12.3. The Morgan fingerprint density at radius 3 is 1.54 bits per heavy atom. The molecule has 0 aliphatic carbocycles. The van der Waals surface area contributed by atoms with Gasteiger partial charge in [-0.25, -0.2) is 15.0 Å². The second-order valence-electron chi connectivity index (χ2n) is 5.59. The van der Waals surface area contributed by atoms with Gasteiger partial charge in [0.05, 0.1) is 0 Å². The topological polar surface area (TPSA) is 38.7 Å². The van der Waals surface area contributed by atoms with Crippen LogP contribution in [0.2, 0.25) is 0 Å². The molecule has 1 heterocycles. The van der Waals surface area contributed by atoms with Crippen molar-refractivity contribution in [3.05, 3.63) is 84.9 Å². The molecule has 0 unspecified atom stereocenters. The molecule has 0 amide bonds. The van der Waals surface area contributed by atoms with Gasteiger partial charge >= 0.3 is 0 Å². The molecule has 0 saturated carbocycles. The first kappa shape index (κ1) is 16.6. The maximum absolute atomic E-state index is 5.89. The van der Waals surface area contributed by atoms with Crippen LogP contribution < -0.4 is 5.46 Å². The van der Waals surface area contributed by atoms with Crippen LogP contribution in [0.3, 0.4) is 0 Å². The first-order valence-corrected chi connectivity index (χ1v) is 7.93. The van der Waals surface area contributed by atoms with Gasteiger partial charge in [0, 0.05) is 19.0 Å².